The summed E-state index contributed by atoms with van der Waals surface area (Å²) in [6, 6.07) is 8.52. The van der Waals surface area contributed by atoms with Crippen molar-refractivity contribution in [2.75, 3.05) is 19.3 Å². The van der Waals surface area contributed by atoms with Gasteiger partial charge in [0.25, 0.3) is 0 Å². The van der Waals surface area contributed by atoms with E-state index in [0.29, 0.717) is 12.3 Å². The molecule has 1 unspecified atom stereocenters. The molecule has 24 heavy (non-hydrogen) atoms. The van der Waals surface area contributed by atoms with Crippen molar-refractivity contribution in [3.63, 3.8) is 0 Å². The Morgan fingerprint density at radius 2 is 2.12 bits per heavy atom. The SMILES string of the molecule is CSc1ccc(CCC(=O)N2CCCC(c3cnn(C)c3)C2)cc1. The summed E-state index contributed by atoms with van der Waals surface area (Å²) < 4.78 is 1.84. The smallest absolute Gasteiger partial charge is 0.222 e. The molecule has 2 aromatic rings. The molecule has 1 amide bonds. The van der Waals surface area contributed by atoms with Gasteiger partial charge in [0, 0.05) is 43.6 Å². The van der Waals surface area contributed by atoms with Gasteiger partial charge in [-0.1, -0.05) is 12.1 Å². The normalized spacial score (nSPS) is 17.9. The average molecular weight is 343 g/mol. The van der Waals surface area contributed by atoms with Gasteiger partial charge in [-0.3, -0.25) is 9.48 Å². The molecule has 0 bridgehead atoms. The van der Waals surface area contributed by atoms with Gasteiger partial charge in [0.2, 0.25) is 5.91 Å². The minimum atomic E-state index is 0.275. The van der Waals surface area contributed by atoms with Gasteiger partial charge in [-0.05, 0) is 48.8 Å². The Bertz CT molecular complexity index is 680. The maximum absolute atomic E-state index is 12.6. The van der Waals surface area contributed by atoms with Gasteiger partial charge in [0.05, 0.1) is 6.20 Å². The van der Waals surface area contributed by atoms with Crippen LogP contribution in [0.5, 0.6) is 0 Å². The fourth-order valence-electron chi connectivity index (χ4n) is 3.33. The molecule has 0 spiro atoms. The number of carbonyl (C=O) groups excluding carboxylic acids is 1. The number of piperidine rings is 1. The minimum Gasteiger partial charge on any atom is -0.342 e. The number of aromatic nitrogens is 2. The number of amides is 1. The summed E-state index contributed by atoms with van der Waals surface area (Å²) in [7, 11) is 1.94. The number of rotatable bonds is 5. The van der Waals surface area contributed by atoms with Crippen molar-refractivity contribution >= 4 is 17.7 Å². The van der Waals surface area contributed by atoms with Gasteiger partial charge in [-0.2, -0.15) is 5.10 Å². The highest BCUT2D eigenvalue weighted by Crippen LogP contribution is 2.27. The second-order valence-electron chi connectivity index (χ2n) is 6.47. The van der Waals surface area contributed by atoms with E-state index < -0.39 is 0 Å². The number of aryl methyl sites for hydroxylation is 2. The minimum absolute atomic E-state index is 0.275. The van der Waals surface area contributed by atoms with Gasteiger partial charge in [0.1, 0.15) is 0 Å². The van der Waals surface area contributed by atoms with Gasteiger partial charge < -0.3 is 4.90 Å². The zero-order valence-electron chi connectivity index (χ0n) is 14.4. The van der Waals surface area contributed by atoms with Gasteiger partial charge in [-0.15, -0.1) is 11.8 Å². The molecule has 128 valence electrons. The lowest BCUT2D eigenvalue weighted by molar-refractivity contribution is -0.132. The van der Waals surface area contributed by atoms with Crippen molar-refractivity contribution in [2.45, 2.75) is 36.5 Å². The molecular weight excluding hydrogens is 318 g/mol. The van der Waals surface area contributed by atoms with E-state index in [1.54, 1.807) is 11.8 Å². The Hall–Kier alpha value is -1.75. The summed E-state index contributed by atoms with van der Waals surface area (Å²) in [5.41, 5.74) is 2.49. The van der Waals surface area contributed by atoms with Crippen LogP contribution in [-0.4, -0.2) is 39.9 Å². The molecule has 4 nitrogen and oxygen atoms in total. The van der Waals surface area contributed by atoms with E-state index >= 15 is 0 Å². The van der Waals surface area contributed by atoms with Crippen molar-refractivity contribution in [3.8, 4) is 0 Å². The van der Waals surface area contributed by atoms with Crippen LogP contribution < -0.4 is 0 Å². The largest absolute Gasteiger partial charge is 0.342 e. The summed E-state index contributed by atoms with van der Waals surface area (Å²) >= 11 is 1.74. The molecule has 0 aliphatic carbocycles. The fourth-order valence-corrected chi connectivity index (χ4v) is 3.74. The molecule has 0 N–H and O–H groups in total. The topological polar surface area (TPSA) is 38.1 Å². The number of likely N-dealkylation sites (tertiary alicyclic amines) is 1. The lowest BCUT2D eigenvalue weighted by Gasteiger charge is -2.32. The monoisotopic (exact) mass is 343 g/mol. The molecule has 2 heterocycles. The predicted octanol–water partition coefficient (Wildman–Crippen LogP) is 3.48. The first kappa shape index (κ1) is 17.1. The molecule has 1 aromatic carbocycles. The van der Waals surface area contributed by atoms with Crippen molar-refractivity contribution in [3.05, 3.63) is 47.8 Å². The highest BCUT2D eigenvalue weighted by molar-refractivity contribution is 7.98. The average Bonchev–Trinajstić information content (AvgIpc) is 3.06. The van der Waals surface area contributed by atoms with Crippen LogP contribution >= 0.6 is 11.8 Å². The number of hydrogen-bond donors (Lipinski definition) is 0. The fraction of sp³-hybridized carbons (Fsp3) is 0.474. The molecule has 1 fully saturated rings. The van der Waals surface area contributed by atoms with Crippen molar-refractivity contribution in [2.24, 2.45) is 7.05 Å². The third-order valence-electron chi connectivity index (χ3n) is 4.76. The molecular formula is C19H25N3OS. The number of carbonyl (C=O) groups is 1. The highest BCUT2D eigenvalue weighted by atomic mass is 32.2. The Labute approximate surface area is 148 Å². The van der Waals surface area contributed by atoms with E-state index in [1.807, 2.05) is 22.8 Å². The quantitative estimate of drug-likeness (QED) is 0.780. The van der Waals surface area contributed by atoms with Gasteiger partial charge >= 0.3 is 0 Å². The van der Waals surface area contributed by atoms with Crippen LogP contribution in [0.1, 0.15) is 36.3 Å². The molecule has 1 aliphatic rings. The van der Waals surface area contributed by atoms with E-state index in [-0.39, 0.29) is 5.91 Å². The van der Waals surface area contributed by atoms with Crippen molar-refractivity contribution < 1.29 is 4.79 Å². The lowest BCUT2D eigenvalue weighted by atomic mass is 9.92. The Balaban J connectivity index is 1.54. The Morgan fingerprint density at radius 3 is 2.79 bits per heavy atom. The second kappa shape index (κ2) is 7.88. The second-order valence-corrected chi connectivity index (χ2v) is 7.35. The summed E-state index contributed by atoms with van der Waals surface area (Å²) in [4.78, 5) is 15.9. The van der Waals surface area contributed by atoms with E-state index in [1.165, 1.54) is 16.0 Å². The molecule has 1 aromatic heterocycles. The molecule has 1 aliphatic heterocycles. The number of hydrogen-bond acceptors (Lipinski definition) is 3. The summed E-state index contributed by atoms with van der Waals surface area (Å²) in [6.07, 6.45) is 9.73. The molecule has 1 saturated heterocycles. The zero-order valence-corrected chi connectivity index (χ0v) is 15.3. The maximum atomic E-state index is 12.6. The van der Waals surface area contributed by atoms with Crippen molar-refractivity contribution in [1.29, 1.82) is 0 Å². The number of nitrogens with zero attached hydrogens (tertiary/aromatic N) is 3. The summed E-state index contributed by atoms with van der Waals surface area (Å²) in [5, 5.41) is 4.26. The van der Waals surface area contributed by atoms with Crippen LogP contribution in [-0.2, 0) is 18.3 Å². The first-order valence-electron chi connectivity index (χ1n) is 8.55. The molecule has 0 saturated carbocycles. The molecule has 0 radical (unpaired) electrons. The first-order valence-corrected chi connectivity index (χ1v) is 9.77. The third kappa shape index (κ3) is 4.20. The molecule has 3 rings (SSSR count). The zero-order chi connectivity index (χ0) is 16.9. The van der Waals surface area contributed by atoms with Crippen LogP contribution in [0.3, 0.4) is 0 Å². The van der Waals surface area contributed by atoms with E-state index in [2.05, 4.69) is 41.8 Å². The van der Waals surface area contributed by atoms with E-state index in [9.17, 15) is 4.79 Å². The van der Waals surface area contributed by atoms with Crippen LogP contribution in [0, 0.1) is 0 Å². The maximum Gasteiger partial charge on any atom is 0.222 e. The standard InChI is InChI=1S/C19H25N3OS/c1-21-13-17(12-20-21)16-4-3-11-22(14-16)19(23)10-7-15-5-8-18(24-2)9-6-15/h5-6,8-9,12-13,16H,3-4,7,10-11,14H2,1-2H3. The Kier molecular flexibility index (Phi) is 5.61. The van der Waals surface area contributed by atoms with Crippen LogP contribution in [0.15, 0.2) is 41.6 Å². The number of benzene rings is 1. The van der Waals surface area contributed by atoms with Gasteiger partial charge in [-0.25, -0.2) is 0 Å². The first-order chi connectivity index (χ1) is 11.7. The molecule has 1 atom stereocenters. The van der Waals surface area contributed by atoms with E-state index in [4.69, 9.17) is 0 Å². The number of thioether (sulfide) groups is 1. The van der Waals surface area contributed by atoms with Crippen molar-refractivity contribution in [1.82, 2.24) is 14.7 Å². The van der Waals surface area contributed by atoms with Crippen LogP contribution in [0.4, 0.5) is 0 Å². The predicted molar refractivity (Wildman–Crippen MR) is 98.3 cm³/mol. The Morgan fingerprint density at radius 1 is 1.33 bits per heavy atom. The lowest BCUT2D eigenvalue weighted by Crippen LogP contribution is -2.39. The highest BCUT2D eigenvalue weighted by Gasteiger charge is 2.25. The summed E-state index contributed by atoms with van der Waals surface area (Å²) in [6.45, 7) is 1.72. The molecule has 5 heteroatoms. The van der Waals surface area contributed by atoms with Crippen LogP contribution in [0.2, 0.25) is 0 Å². The van der Waals surface area contributed by atoms with Crippen LogP contribution in [0.25, 0.3) is 0 Å². The summed E-state index contributed by atoms with van der Waals surface area (Å²) in [5.74, 6) is 0.704. The van der Waals surface area contributed by atoms with E-state index in [0.717, 1.165) is 32.4 Å². The van der Waals surface area contributed by atoms with Gasteiger partial charge in [0.15, 0.2) is 0 Å². The third-order valence-corrected chi connectivity index (χ3v) is 5.50.